The molecule has 1 aromatic heterocycles. The minimum absolute atomic E-state index is 0.302. The summed E-state index contributed by atoms with van der Waals surface area (Å²) in [5, 5.41) is 7.24. The summed E-state index contributed by atoms with van der Waals surface area (Å²) in [4.78, 5) is 2.10. The van der Waals surface area contributed by atoms with Gasteiger partial charge >= 0.3 is 0 Å². The first-order valence-corrected chi connectivity index (χ1v) is 6.91. The predicted molar refractivity (Wildman–Crippen MR) is 74.7 cm³/mol. The topological polar surface area (TPSA) is 41.3 Å². The van der Waals surface area contributed by atoms with Crippen molar-refractivity contribution in [1.82, 2.24) is 10.5 Å². The van der Waals surface area contributed by atoms with Crippen LogP contribution in [0.5, 0.6) is 0 Å². The van der Waals surface area contributed by atoms with Gasteiger partial charge < -0.3 is 14.7 Å². The molecule has 2 heterocycles. The average Bonchev–Trinajstić information content (AvgIpc) is 2.92. The number of aromatic nitrogens is 1. The van der Waals surface area contributed by atoms with Crippen molar-refractivity contribution in [2.75, 3.05) is 31.1 Å². The van der Waals surface area contributed by atoms with Gasteiger partial charge in [-0.2, -0.15) is 0 Å². The largest absolute Gasteiger partial charge is 0.338 e. The average molecular weight is 326 g/mol. The van der Waals surface area contributed by atoms with Crippen molar-refractivity contribution in [2.24, 2.45) is 0 Å². The van der Waals surface area contributed by atoms with E-state index in [0.29, 0.717) is 17.1 Å². The van der Waals surface area contributed by atoms with Crippen molar-refractivity contribution in [1.29, 1.82) is 0 Å². The van der Waals surface area contributed by atoms with E-state index in [9.17, 15) is 4.39 Å². The van der Waals surface area contributed by atoms with Crippen molar-refractivity contribution in [3.05, 3.63) is 34.6 Å². The van der Waals surface area contributed by atoms with Crippen LogP contribution in [0.2, 0.25) is 0 Å². The van der Waals surface area contributed by atoms with Crippen LogP contribution in [-0.4, -0.2) is 31.3 Å². The summed E-state index contributed by atoms with van der Waals surface area (Å²) in [6.45, 7) is 3.58. The lowest BCUT2D eigenvalue weighted by Gasteiger charge is -2.25. The van der Waals surface area contributed by atoms with Crippen molar-refractivity contribution < 1.29 is 8.91 Å². The van der Waals surface area contributed by atoms with Gasteiger partial charge in [-0.05, 0) is 18.2 Å². The number of hydrogen-bond donors (Lipinski definition) is 1. The van der Waals surface area contributed by atoms with Crippen molar-refractivity contribution >= 4 is 21.8 Å². The molecule has 0 unspecified atom stereocenters. The van der Waals surface area contributed by atoms with E-state index in [1.54, 1.807) is 18.2 Å². The van der Waals surface area contributed by atoms with E-state index in [1.807, 2.05) is 0 Å². The Morgan fingerprint density at radius 3 is 2.84 bits per heavy atom. The Kier molecular flexibility index (Phi) is 3.52. The van der Waals surface area contributed by atoms with Crippen LogP contribution in [0.3, 0.4) is 0 Å². The zero-order chi connectivity index (χ0) is 13.2. The molecule has 0 radical (unpaired) electrons. The second-order valence-corrected chi connectivity index (χ2v) is 5.33. The van der Waals surface area contributed by atoms with E-state index in [-0.39, 0.29) is 5.82 Å². The van der Waals surface area contributed by atoms with E-state index in [0.717, 1.165) is 30.7 Å². The molecule has 6 heteroatoms. The van der Waals surface area contributed by atoms with Crippen molar-refractivity contribution in [3.63, 3.8) is 0 Å². The molecule has 1 saturated heterocycles. The minimum Gasteiger partial charge on any atom is -0.338 e. The van der Waals surface area contributed by atoms with Crippen molar-refractivity contribution in [3.8, 4) is 11.3 Å². The van der Waals surface area contributed by atoms with E-state index < -0.39 is 0 Å². The third-order valence-electron chi connectivity index (χ3n) is 3.13. The number of piperazine rings is 1. The fourth-order valence-electron chi connectivity index (χ4n) is 2.12. The number of nitrogens with one attached hydrogen (secondary N) is 1. The fourth-order valence-corrected chi connectivity index (χ4v) is 2.48. The lowest BCUT2D eigenvalue weighted by molar-refractivity contribution is 0.409. The Bertz CT molecular complexity index is 581. The Morgan fingerprint density at radius 2 is 2.05 bits per heavy atom. The summed E-state index contributed by atoms with van der Waals surface area (Å²) < 4.78 is 19.9. The molecule has 0 saturated carbocycles. The highest BCUT2D eigenvalue weighted by molar-refractivity contribution is 9.10. The maximum Gasteiger partial charge on any atom is 0.227 e. The molecule has 4 nitrogen and oxygen atoms in total. The van der Waals surface area contributed by atoms with Crippen LogP contribution in [0.4, 0.5) is 10.3 Å². The van der Waals surface area contributed by atoms with Crippen LogP contribution < -0.4 is 10.2 Å². The molecule has 1 N–H and O–H groups in total. The third-order valence-corrected chi connectivity index (χ3v) is 3.62. The monoisotopic (exact) mass is 325 g/mol. The molecule has 100 valence electrons. The van der Waals surface area contributed by atoms with Gasteiger partial charge in [0.25, 0.3) is 0 Å². The van der Waals surface area contributed by atoms with Gasteiger partial charge in [0.05, 0.1) is 0 Å². The lowest BCUT2D eigenvalue weighted by Crippen LogP contribution is -2.43. The van der Waals surface area contributed by atoms with Crippen LogP contribution >= 0.6 is 15.9 Å². The highest BCUT2D eigenvalue weighted by atomic mass is 79.9. The number of halogens is 2. The molecule has 1 aliphatic heterocycles. The molecule has 19 heavy (non-hydrogen) atoms. The van der Waals surface area contributed by atoms with Gasteiger partial charge in [-0.25, -0.2) is 4.39 Å². The highest BCUT2D eigenvalue weighted by Crippen LogP contribution is 2.28. The zero-order valence-corrected chi connectivity index (χ0v) is 11.8. The number of anilines is 1. The molecule has 0 amide bonds. The van der Waals surface area contributed by atoms with Gasteiger partial charge in [0.2, 0.25) is 5.88 Å². The summed E-state index contributed by atoms with van der Waals surface area (Å²) in [6.07, 6.45) is 0. The first-order valence-electron chi connectivity index (χ1n) is 6.12. The third kappa shape index (κ3) is 2.64. The summed E-state index contributed by atoms with van der Waals surface area (Å²) in [5.74, 6) is 0.388. The van der Waals surface area contributed by atoms with E-state index >= 15 is 0 Å². The van der Waals surface area contributed by atoms with Gasteiger partial charge in [0.15, 0.2) is 0 Å². The van der Waals surface area contributed by atoms with Gasteiger partial charge in [0, 0.05) is 42.3 Å². The molecule has 0 aliphatic carbocycles. The Balaban J connectivity index is 1.89. The van der Waals surface area contributed by atoms with Gasteiger partial charge in [-0.1, -0.05) is 21.1 Å². The fraction of sp³-hybridized carbons (Fsp3) is 0.308. The summed E-state index contributed by atoms with van der Waals surface area (Å²) in [5.41, 5.74) is 0.965. The molecule has 0 atom stereocenters. The van der Waals surface area contributed by atoms with Gasteiger partial charge in [-0.15, -0.1) is 0 Å². The highest BCUT2D eigenvalue weighted by Gasteiger charge is 2.17. The molecule has 1 fully saturated rings. The summed E-state index contributed by atoms with van der Waals surface area (Å²) in [6, 6.07) is 6.57. The van der Waals surface area contributed by atoms with E-state index in [1.165, 1.54) is 6.07 Å². The minimum atomic E-state index is -0.302. The number of benzene rings is 1. The molecule has 2 aromatic rings. The second kappa shape index (κ2) is 5.30. The maximum absolute atomic E-state index is 13.8. The molecule has 1 aliphatic rings. The number of nitrogens with zero attached hydrogens (tertiary/aromatic N) is 2. The smallest absolute Gasteiger partial charge is 0.227 e. The maximum atomic E-state index is 13.8. The quantitative estimate of drug-likeness (QED) is 0.921. The standard InChI is InChI=1S/C13H13BrFN3O/c14-9-1-2-11(15)10(7-9)12-8-13(19-17-12)18-5-3-16-4-6-18/h1-2,7-8,16H,3-6H2. The Labute approximate surface area is 118 Å². The SMILES string of the molecule is Fc1ccc(Br)cc1-c1cc(N2CCNCC2)on1. The number of hydrogen-bond acceptors (Lipinski definition) is 4. The summed E-state index contributed by atoms with van der Waals surface area (Å²) >= 11 is 3.33. The van der Waals surface area contributed by atoms with E-state index in [4.69, 9.17) is 4.52 Å². The van der Waals surface area contributed by atoms with E-state index in [2.05, 4.69) is 31.3 Å². The lowest BCUT2D eigenvalue weighted by atomic mass is 10.1. The van der Waals surface area contributed by atoms with Crippen LogP contribution in [0.25, 0.3) is 11.3 Å². The first kappa shape index (κ1) is 12.6. The normalized spacial score (nSPS) is 15.8. The van der Waals surface area contributed by atoms with Gasteiger partial charge in [-0.3, -0.25) is 0 Å². The molecule has 0 bridgehead atoms. The first-order chi connectivity index (χ1) is 9.24. The van der Waals surface area contributed by atoms with Crippen molar-refractivity contribution in [2.45, 2.75) is 0 Å². The molecule has 0 spiro atoms. The zero-order valence-electron chi connectivity index (χ0n) is 10.2. The molecular formula is C13H13BrFN3O. The molecule has 1 aromatic carbocycles. The van der Waals surface area contributed by atoms with Crippen LogP contribution in [0.1, 0.15) is 0 Å². The molecule has 3 rings (SSSR count). The predicted octanol–water partition coefficient (Wildman–Crippen LogP) is 2.65. The van der Waals surface area contributed by atoms with Crippen LogP contribution in [0.15, 0.2) is 33.3 Å². The van der Waals surface area contributed by atoms with Crippen LogP contribution in [0, 0.1) is 5.82 Å². The Hall–Kier alpha value is -1.40. The second-order valence-electron chi connectivity index (χ2n) is 4.41. The Morgan fingerprint density at radius 1 is 1.26 bits per heavy atom. The van der Waals surface area contributed by atoms with Gasteiger partial charge in [0.1, 0.15) is 11.5 Å². The molecular weight excluding hydrogens is 313 g/mol. The summed E-state index contributed by atoms with van der Waals surface area (Å²) in [7, 11) is 0. The van der Waals surface area contributed by atoms with Crippen LogP contribution in [-0.2, 0) is 0 Å². The number of rotatable bonds is 2.